The molecule has 2 amide bonds. The SMILES string of the molecule is CC(O)CNC(=O)C(C)(CC(C)(C#N)CCC(=O)N1CCSC1=S)SC(=S)c1ccccc1. The molecule has 178 valence electrons. The Morgan fingerprint density at radius 2 is 2.03 bits per heavy atom. The van der Waals surface area contributed by atoms with Crippen LogP contribution in [0.25, 0.3) is 0 Å². The van der Waals surface area contributed by atoms with Crippen molar-refractivity contribution in [3.63, 3.8) is 0 Å². The molecule has 1 saturated heterocycles. The van der Waals surface area contributed by atoms with Crippen molar-refractivity contribution in [1.29, 1.82) is 5.26 Å². The van der Waals surface area contributed by atoms with E-state index in [0.717, 1.165) is 11.3 Å². The van der Waals surface area contributed by atoms with Gasteiger partial charge >= 0.3 is 0 Å². The van der Waals surface area contributed by atoms with Gasteiger partial charge in [-0.1, -0.05) is 78.3 Å². The van der Waals surface area contributed by atoms with Crippen molar-refractivity contribution in [2.75, 3.05) is 18.8 Å². The Hall–Kier alpha value is -1.51. The van der Waals surface area contributed by atoms with E-state index in [9.17, 15) is 20.0 Å². The summed E-state index contributed by atoms with van der Waals surface area (Å²) in [6.07, 6.45) is -0.0494. The van der Waals surface area contributed by atoms with E-state index in [1.165, 1.54) is 23.5 Å². The molecule has 2 rings (SSSR count). The molecular weight excluding hydrogens is 495 g/mol. The first-order valence-corrected chi connectivity index (χ1v) is 13.2. The van der Waals surface area contributed by atoms with Crippen LogP contribution in [0, 0.1) is 16.7 Å². The van der Waals surface area contributed by atoms with Gasteiger partial charge in [0.1, 0.15) is 4.32 Å². The first kappa shape index (κ1) is 27.7. The highest BCUT2D eigenvalue weighted by Gasteiger charge is 2.43. The van der Waals surface area contributed by atoms with Crippen molar-refractivity contribution in [3.8, 4) is 6.07 Å². The van der Waals surface area contributed by atoms with Crippen molar-refractivity contribution in [1.82, 2.24) is 10.2 Å². The molecule has 1 aromatic carbocycles. The summed E-state index contributed by atoms with van der Waals surface area (Å²) >= 11 is 13.6. The molecule has 1 heterocycles. The van der Waals surface area contributed by atoms with Gasteiger partial charge in [-0.15, -0.1) is 0 Å². The number of aliphatic hydroxyl groups is 1. The van der Waals surface area contributed by atoms with Gasteiger partial charge in [-0.3, -0.25) is 14.5 Å². The van der Waals surface area contributed by atoms with Crippen LogP contribution in [0.3, 0.4) is 0 Å². The van der Waals surface area contributed by atoms with Crippen molar-refractivity contribution in [3.05, 3.63) is 35.9 Å². The number of carbonyl (C=O) groups is 2. The number of nitriles is 1. The minimum atomic E-state index is -1.08. The minimum absolute atomic E-state index is 0.0961. The summed E-state index contributed by atoms with van der Waals surface area (Å²) in [4.78, 5) is 27.4. The Balaban J connectivity index is 2.19. The van der Waals surface area contributed by atoms with E-state index < -0.39 is 16.3 Å². The minimum Gasteiger partial charge on any atom is -0.392 e. The summed E-state index contributed by atoms with van der Waals surface area (Å²) in [6, 6.07) is 11.7. The van der Waals surface area contributed by atoms with Gasteiger partial charge in [-0.25, -0.2) is 0 Å². The van der Waals surface area contributed by atoms with Crippen molar-refractivity contribution < 1.29 is 14.7 Å². The van der Waals surface area contributed by atoms with Crippen molar-refractivity contribution >= 4 is 68.3 Å². The van der Waals surface area contributed by atoms with Crippen molar-refractivity contribution in [2.45, 2.75) is 50.9 Å². The van der Waals surface area contributed by atoms with E-state index >= 15 is 0 Å². The normalized spacial score (nSPS) is 18.0. The summed E-state index contributed by atoms with van der Waals surface area (Å²) in [6.45, 7) is 5.80. The van der Waals surface area contributed by atoms with Crippen LogP contribution < -0.4 is 5.32 Å². The summed E-state index contributed by atoms with van der Waals surface area (Å²) in [7, 11) is 0. The third-order valence-electron chi connectivity index (χ3n) is 5.32. The number of thiocarbonyl (C=S) groups is 2. The molecule has 10 heteroatoms. The predicted octanol–water partition coefficient (Wildman–Crippen LogP) is 3.91. The number of rotatable bonds is 10. The molecule has 0 aliphatic carbocycles. The Bertz CT molecular complexity index is 935. The summed E-state index contributed by atoms with van der Waals surface area (Å²) < 4.78 is 0.0413. The van der Waals surface area contributed by atoms with Gasteiger partial charge in [0.25, 0.3) is 0 Å². The van der Waals surface area contributed by atoms with Crippen LogP contribution in [0.4, 0.5) is 0 Å². The van der Waals surface area contributed by atoms with E-state index in [2.05, 4.69) is 11.4 Å². The Labute approximate surface area is 214 Å². The second-order valence-corrected chi connectivity index (χ2v) is 12.5. The van der Waals surface area contributed by atoms with Gasteiger partial charge in [0.05, 0.1) is 26.5 Å². The second kappa shape index (κ2) is 12.3. The van der Waals surface area contributed by atoms with E-state index in [1.54, 1.807) is 25.7 Å². The molecule has 33 heavy (non-hydrogen) atoms. The lowest BCUT2D eigenvalue weighted by Gasteiger charge is -2.35. The van der Waals surface area contributed by atoms with Gasteiger partial charge < -0.3 is 10.4 Å². The highest BCUT2D eigenvalue weighted by Crippen LogP contribution is 2.42. The Morgan fingerprint density at radius 1 is 1.36 bits per heavy atom. The molecule has 1 aliphatic rings. The number of carbonyl (C=O) groups excluding carboxylic acids is 2. The van der Waals surface area contributed by atoms with E-state index in [1.807, 2.05) is 30.3 Å². The van der Waals surface area contributed by atoms with Gasteiger partial charge in [0.15, 0.2) is 0 Å². The number of hydrogen-bond donors (Lipinski definition) is 2. The number of nitrogens with zero attached hydrogens (tertiary/aromatic N) is 2. The smallest absolute Gasteiger partial charge is 0.236 e. The zero-order valence-corrected chi connectivity index (χ0v) is 22.3. The van der Waals surface area contributed by atoms with Gasteiger partial charge in [0, 0.05) is 25.3 Å². The van der Waals surface area contributed by atoms with E-state index in [0.29, 0.717) is 21.5 Å². The van der Waals surface area contributed by atoms with E-state index in [-0.39, 0.29) is 31.2 Å². The predicted molar refractivity (Wildman–Crippen MR) is 143 cm³/mol. The third kappa shape index (κ3) is 8.04. The monoisotopic (exact) mass is 523 g/mol. The maximum Gasteiger partial charge on any atom is 0.236 e. The number of hydrogen-bond acceptors (Lipinski definition) is 8. The standard InChI is InChI=1S/C23H29N3O3S4/c1-16(27)13-25-20(29)23(3,33-19(30)17-7-5-4-6-8-17)14-22(2,15-24)10-9-18(28)26-11-12-32-21(26)31/h4-8,16,27H,9-14H2,1-3H3,(H,25,29). The molecule has 1 aliphatic heterocycles. The fourth-order valence-corrected chi connectivity index (χ4v) is 6.64. The van der Waals surface area contributed by atoms with Crippen LogP contribution in [0.5, 0.6) is 0 Å². The molecule has 0 bridgehead atoms. The molecule has 0 radical (unpaired) electrons. The zero-order valence-electron chi connectivity index (χ0n) is 19.0. The van der Waals surface area contributed by atoms with Gasteiger partial charge in [-0.2, -0.15) is 5.26 Å². The number of amides is 2. The zero-order chi connectivity index (χ0) is 24.6. The highest BCUT2D eigenvalue weighted by molar-refractivity contribution is 8.25. The first-order chi connectivity index (χ1) is 15.5. The molecule has 6 nitrogen and oxygen atoms in total. The molecular formula is C23H29N3O3S4. The number of aliphatic hydroxyl groups excluding tert-OH is 1. The highest BCUT2D eigenvalue weighted by atomic mass is 32.2. The molecule has 2 N–H and O–H groups in total. The lowest BCUT2D eigenvalue weighted by atomic mass is 9.78. The van der Waals surface area contributed by atoms with Crippen molar-refractivity contribution in [2.24, 2.45) is 5.41 Å². The van der Waals surface area contributed by atoms with Gasteiger partial charge in [-0.05, 0) is 39.2 Å². The average Bonchev–Trinajstić information content (AvgIpc) is 3.22. The fourth-order valence-electron chi connectivity index (χ4n) is 3.49. The first-order valence-electron chi connectivity index (χ1n) is 10.6. The Morgan fingerprint density at radius 3 is 2.58 bits per heavy atom. The Kier molecular flexibility index (Phi) is 10.3. The van der Waals surface area contributed by atoms with Gasteiger partial charge in [0.2, 0.25) is 11.8 Å². The maximum absolute atomic E-state index is 13.2. The van der Waals surface area contributed by atoms with Crippen LogP contribution in [0.1, 0.15) is 45.6 Å². The summed E-state index contributed by atoms with van der Waals surface area (Å²) in [5, 5.41) is 22.4. The molecule has 3 unspecified atom stereocenters. The number of benzene rings is 1. The molecule has 3 atom stereocenters. The fraction of sp³-hybridized carbons (Fsp3) is 0.522. The maximum atomic E-state index is 13.2. The molecule has 1 fully saturated rings. The largest absolute Gasteiger partial charge is 0.392 e. The quantitative estimate of drug-likeness (QED) is 0.446. The average molecular weight is 524 g/mol. The summed E-state index contributed by atoms with van der Waals surface area (Å²) in [5.41, 5.74) is -0.124. The number of nitrogens with one attached hydrogen (secondary N) is 1. The molecule has 0 spiro atoms. The van der Waals surface area contributed by atoms with Crippen LogP contribution in [-0.4, -0.2) is 60.0 Å². The van der Waals surface area contributed by atoms with Crippen LogP contribution in [0.2, 0.25) is 0 Å². The topological polar surface area (TPSA) is 93.4 Å². The summed E-state index contributed by atoms with van der Waals surface area (Å²) in [5.74, 6) is 0.380. The lowest BCUT2D eigenvalue weighted by molar-refractivity contribution is -0.127. The van der Waals surface area contributed by atoms with E-state index in [4.69, 9.17) is 24.4 Å². The third-order valence-corrected chi connectivity index (χ3v) is 8.43. The molecule has 1 aromatic rings. The van der Waals surface area contributed by atoms with Crippen LogP contribution in [0.15, 0.2) is 30.3 Å². The molecule has 0 saturated carbocycles. The lowest BCUT2D eigenvalue weighted by Crippen LogP contribution is -2.47. The molecule has 0 aromatic heterocycles. The second-order valence-electron chi connectivity index (χ2n) is 8.55. The number of thioether (sulfide) groups is 2. The van der Waals surface area contributed by atoms with Crippen LogP contribution in [-0.2, 0) is 9.59 Å². The van der Waals surface area contributed by atoms with Crippen LogP contribution >= 0.6 is 48.0 Å².